The van der Waals surface area contributed by atoms with Crippen LogP contribution >= 0.6 is 12.2 Å². The molecule has 4 aliphatic rings. The molecule has 0 amide bonds. The Morgan fingerprint density at radius 2 is 1.85 bits per heavy atom. The van der Waals surface area contributed by atoms with Crippen molar-refractivity contribution in [1.82, 2.24) is 9.80 Å². The predicted octanol–water partition coefficient (Wildman–Crippen LogP) is 3.28. The van der Waals surface area contributed by atoms with Crippen molar-refractivity contribution in [1.29, 1.82) is 0 Å². The summed E-state index contributed by atoms with van der Waals surface area (Å²) in [5.41, 5.74) is 7.96. The maximum atomic E-state index is 5.97. The number of morpholine rings is 1. The van der Waals surface area contributed by atoms with E-state index < -0.39 is 0 Å². The van der Waals surface area contributed by atoms with Crippen molar-refractivity contribution in [3.8, 4) is 0 Å². The summed E-state index contributed by atoms with van der Waals surface area (Å²) in [7, 11) is 0. The van der Waals surface area contributed by atoms with E-state index in [4.69, 9.17) is 17.0 Å². The zero-order chi connectivity index (χ0) is 17.9. The standard InChI is InChI=1S/C21H25N3OS/c1-21(2)19-15-13-24(8-7-17(15)23-9-11-25-12-10-23)20(26)18(19)14-5-3-4-6-16(14)22-21/h3-6,22H,7-13H2,1-2H3. The molecule has 0 saturated carbocycles. The van der Waals surface area contributed by atoms with E-state index in [1.54, 1.807) is 0 Å². The van der Waals surface area contributed by atoms with Gasteiger partial charge in [0, 0.05) is 55.1 Å². The van der Waals surface area contributed by atoms with Crippen LogP contribution in [0.25, 0.3) is 5.57 Å². The molecule has 5 rings (SSSR count). The first-order valence-corrected chi connectivity index (χ1v) is 9.94. The lowest BCUT2D eigenvalue weighted by molar-refractivity contribution is 0.0501. The number of fused-ring (bicyclic) bond motifs is 5. The fourth-order valence-corrected chi connectivity index (χ4v) is 5.26. The van der Waals surface area contributed by atoms with Crippen molar-refractivity contribution in [2.45, 2.75) is 25.8 Å². The fourth-order valence-electron chi connectivity index (χ4n) is 4.90. The number of nitrogens with one attached hydrogen (secondary N) is 1. The van der Waals surface area contributed by atoms with Gasteiger partial charge in [-0.05, 0) is 31.1 Å². The molecule has 4 aliphatic heterocycles. The van der Waals surface area contributed by atoms with E-state index in [1.807, 2.05) is 0 Å². The van der Waals surface area contributed by atoms with Gasteiger partial charge in [-0.25, -0.2) is 0 Å². The van der Waals surface area contributed by atoms with Crippen LogP contribution in [0.1, 0.15) is 25.8 Å². The third kappa shape index (κ3) is 2.33. The van der Waals surface area contributed by atoms with Gasteiger partial charge >= 0.3 is 0 Å². The summed E-state index contributed by atoms with van der Waals surface area (Å²) >= 11 is 5.97. The van der Waals surface area contributed by atoms with Crippen molar-refractivity contribution >= 4 is 28.5 Å². The summed E-state index contributed by atoms with van der Waals surface area (Å²) in [5, 5.41) is 3.77. The maximum absolute atomic E-state index is 5.97. The summed E-state index contributed by atoms with van der Waals surface area (Å²) < 4.78 is 5.59. The molecule has 1 saturated heterocycles. The van der Waals surface area contributed by atoms with Crippen LogP contribution in [0.5, 0.6) is 0 Å². The highest BCUT2D eigenvalue weighted by molar-refractivity contribution is 7.81. The second kappa shape index (κ2) is 5.83. The van der Waals surface area contributed by atoms with Gasteiger partial charge in [0.05, 0.1) is 18.8 Å². The molecule has 136 valence electrons. The Kier molecular flexibility index (Phi) is 3.66. The molecular formula is C21H25N3OS. The number of hydrogen-bond donors (Lipinski definition) is 1. The van der Waals surface area contributed by atoms with Crippen molar-refractivity contribution in [2.24, 2.45) is 0 Å². The van der Waals surface area contributed by atoms with E-state index >= 15 is 0 Å². The lowest BCUT2D eigenvalue weighted by Gasteiger charge is -2.49. The zero-order valence-electron chi connectivity index (χ0n) is 15.5. The van der Waals surface area contributed by atoms with Crippen molar-refractivity contribution in [3.63, 3.8) is 0 Å². The average molecular weight is 368 g/mol. The molecule has 26 heavy (non-hydrogen) atoms. The summed E-state index contributed by atoms with van der Waals surface area (Å²) in [4.78, 5) is 5.96. The molecule has 4 heterocycles. The molecular weight excluding hydrogens is 342 g/mol. The number of ether oxygens (including phenoxy) is 1. The minimum atomic E-state index is -0.135. The molecule has 1 fully saturated rings. The van der Waals surface area contributed by atoms with Gasteiger partial charge in [-0.15, -0.1) is 0 Å². The zero-order valence-corrected chi connectivity index (χ0v) is 16.3. The molecule has 0 radical (unpaired) electrons. The fraction of sp³-hybridized carbons (Fsp3) is 0.476. The molecule has 4 nitrogen and oxygen atoms in total. The van der Waals surface area contributed by atoms with Gasteiger partial charge in [0.25, 0.3) is 0 Å². The summed E-state index contributed by atoms with van der Waals surface area (Å²) in [6.45, 7) is 10.2. The summed E-state index contributed by atoms with van der Waals surface area (Å²) in [6.07, 6.45) is 1.07. The summed E-state index contributed by atoms with van der Waals surface area (Å²) in [5.74, 6) is 0. The topological polar surface area (TPSA) is 27.7 Å². The number of para-hydroxylation sites is 1. The Morgan fingerprint density at radius 3 is 2.65 bits per heavy atom. The monoisotopic (exact) mass is 367 g/mol. The lowest BCUT2D eigenvalue weighted by Crippen LogP contribution is -2.51. The Morgan fingerprint density at radius 1 is 1.08 bits per heavy atom. The largest absolute Gasteiger partial charge is 0.378 e. The number of rotatable bonds is 1. The van der Waals surface area contributed by atoms with Gasteiger partial charge in [-0.1, -0.05) is 30.4 Å². The molecule has 0 aliphatic carbocycles. The third-order valence-electron chi connectivity index (χ3n) is 6.03. The van der Waals surface area contributed by atoms with Crippen LogP contribution in [-0.2, 0) is 4.74 Å². The second-order valence-corrected chi connectivity index (χ2v) is 8.43. The molecule has 0 aromatic heterocycles. The second-order valence-electron chi connectivity index (χ2n) is 8.05. The molecule has 1 N–H and O–H groups in total. The van der Waals surface area contributed by atoms with Gasteiger partial charge < -0.3 is 19.9 Å². The van der Waals surface area contributed by atoms with E-state index in [1.165, 1.54) is 33.7 Å². The van der Waals surface area contributed by atoms with E-state index in [-0.39, 0.29) is 5.54 Å². The van der Waals surface area contributed by atoms with Crippen LogP contribution in [0.4, 0.5) is 5.69 Å². The SMILES string of the molecule is CC1(C)Nc2ccccc2C2=C1C1=C(N3CCOCC3)CCN(C1)C2=S. The lowest BCUT2D eigenvalue weighted by atomic mass is 9.74. The normalized spacial score (nSPS) is 24.3. The molecule has 1 aromatic rings. The van der Waals surface area contributed by atoms with Gasteiger partial charge in [-0.3, -0.25) is 0 Å². The Labute approximate surface area is 160 Å². The Balaban J connectivity index is 1.75. The number of benzene rings is 1. The molecule has 5 heteroatoms. The van der Waals surface area contributed by atoms with Crippen LogP contribution in [0, 0.1) is 0 Å². The van der Waals surface area contributed by atoms with Crippen molar-refractivity contribution < 1.29 is 4.74 Å². The number of nitrogens with zero attached hydrogens (tertiary/aromatic N) is 2. The van der Waals surface area contributed by atoms with Crippen LogP contribution in [0.3, 0.4) is 0 Å². The smallest absolute Gasteiger partial charge is 0.110 e. The first kappa shape index (κ1) is 16.3. The minimum Gasteiger partial charge on any atom is -0.378 e. The quantitative estimate of drug-likeness (QED) is 0.769. The van der Waals surface area contributed by atoms with Gasteiger partial charge in [0.15, 0.2) is 0 Å². The Bertz CT molecular complexity index is 849. The highest BCUT2D eigenvalue weighted by Gasteiger charge is 2.43. The van der Waals surface area contributed by atoms with Crippen LogP contribution < -0.4 is 5.32 Å². The van der Waals surface area contributed by atoms with Crippen LogP contribution in [0.15, 0.2) is 41.1 Å². The molecule has 0 unspecified atom stereocenters. The first-order chi connectivity index (χ1) is 12.6. The van der Waals surface area contributed by atoms with Gasteiger partial charge in [0.2, 0.25) is 0 Å². The van der Waals surface area contributed by atoms with Crippen LogP contribution in [0.2, 0.25) is 0 Å². The third-order valence-corrected chi connectivity index (χ3v) is 6.49. The average Bonchev–Trinajstić information content (AvgIpc) is 2.65. The van der Waals surface area contributed by atoms with E-state index in [0.717, 1.165) is 50.8 Å². The molecule has 2 bridgehead atoms. The van der Waals surface area contributed by atoms with E-state index in [0.29, 0.717) is 0 Å². The molecule has 1 aromatic carbocycles. The van der Waals surface area contributed by atoms with Crippen molar-refractivity contribution in [3.05, 3.63) is 46.7 Å². The van der Waals surface area contributed by atoms with E-state index in [9.17, 15) is 0 Å². The highest BCUT2D eigenvalue weighted by Crippen LogP contribution is 2.48. The van der Waals surface area contributed by atoms with Crippen molar-refractivity contribution in [2.75, 3.05) is 44.7 Å². The summed E-state index contributed by atoms with van der Waals surface area (Å²) in [6, 6.07) is 8.58. The molecule has 0 spiro atoms. The van der Waals surface area contributed by atoms with Crippen LogP contribution in [-0.4, -0.2) is 59.7 Å². The highest BCUT2D eigenvalue weighted by atomic mass is 32.1. The number of anilines is 1. The minimum absolute atomic E-state index is 0.135. The predicted molar refractivity (Wildman–Crippen MR) is 109 cm³/mol. The van der Waals surface area contributed by atoms with Gasteiger partial charge in [0.1, 0.15) is 4.99 Å². The van der Waals surface area contributed by atoms with Gasteiger partial charge in [-0.2, -0.15) is 0 Å². The van der Waals surface area contributed by atoms with E-state index in [2.05, 4.69) is 53.2 Å². The number of thiocarbonyl (C=S) groups is 1. The Hall–Kier alpha value is -1.85. The first-order valence-electron chi connectivity index (χ1n) is 9.53. The maximum Gasteiger partial charge on any atom is 0.110 e. The number of hydrogen-bond acceptors (Lipinski definition) is 4. The molecule has 0 atom stereocenters.